The summed E-state index contributed by atoms with van der Waals surface area (Å²) in [6, 6.07) is 16.6. The van der Waals surface area contributed by atoms with Gasteiger partial charge in [-0.25, -0.2) is 14.1 Å². The predicted octanol–water partition coefficient (Wildman–Crippen LogP) is 5.32. The minimum absolute atomic E-state index is 0.212. The van der Waals surface area contributed by atoms with Crippen LogP contribution in [0.15, 0.2) is 77.7 Å². The summed E-state index contributed by atoms with van der Waals surface area (Å²) in [7, 11) is 1.54. The molecule has 2 N–H and O–H groups in total. The van der Waals surface area contributed by atoms with Gasteiger partial charge >= 0.3 is 0 Å². The van der Waals surface area contributed by atoms with E-state index in [4.69, 9.17) is 9.15 Å². The molecule has 10 heteroatoms. The van der Waals surface area contributed by atoms with E-state index in [0.717, 1.165) is 11.1 Å². The standard InChI is InChI=1S/C31H30FN5O4/c1-19(2)16-35-30(38)23-12-22(13-25(14-23)40-11-10-37-18-34-17-36-37)21-6-9-27-26(15-21)28(31(39)33-3)29(41-27)20-4-7-24(32)8-5-20/h4-9,12-15,17-19H,10-11,16H2,1-3H3,(H,33,39)(H,35,38). The smallest absolute Gasteiger partial charge is 0.255 e. The van der Waals surface area contributed by atoms with Crippen LogP contribution in [-0.4, -0.2) is 46.8 Å². The summed E-state index contributed by atoms with van der Waals surface area (Å²) in [5.74, 6) is 0.223. The molecule has 0 atom stereocenters. The number of rotatable bonds is 10. The molecule has 0 fully saturated rings. The van der Waals surface area contributed by atoms with Gasteiger partial charge in [-0.15, -0.1) is 0 Å². The highest BCUT2D eigenvalue weighted by atomic mass is 19.1. The first kappa shape index (κ1) is 27.6. The topological polar surface area (TPSA) is 111 Å². The molecule has 0 radical (unpaired) electrons. The molecule has 5 rings (SSSR count). The number of carbonyl (C=O) groups excluding carboxylic acids is 2. The number of halogens is 1. The number of nitrogens with zero attached hydrogens (tertiary/aromatic N) is 3. The van der Waals surface area contributed by atoms with Crippen LogP contribution >= 0.6 is 0 Å². The van der Waals surface area contributed by atoms with Crippen molar-refractivity contribution in [1.82, 2.24) is 25.4 Å². The molecule has 0 unspecified atom stereocenters. The second-order valence-corrected chi connectivity index (χ2v) is 9.96. The number of aromatic nitrogens is 3. The first-order chi connectivity index (χ1) is 19.8. The zero-order valence-electron chi connectivity index (χ0n) is 23.0. The summed E-state index contributed by atoms with van der Waals surface area (Å²) in [6.07, 6.45) is 3.06. The van der Waals surface area contributed by atoms with Crippen LogP contribution in [-0.2, 0) is 6.54 Å². The van der Waals surface area contributed by atoms with Gasteiger partial charge in [-0.3, -0.25) is 9.59 Å². The molecule has 9 nitrogen and oxygen atoms in total. The Labute approximate surface area is 236 Å². The molecule has 0 bridgehead atoms. The molecule has 210 valence electrons. The molecule has 2 heterocycles. The van der Waals surface area contributed by atoms with Gasteiger partial charge in [0, 0.05) is 30.1 Å². The molecule has 41 heavy (non-hydrogen) atoms. The Kier molecular flexibility index (Phi) is 8.09. The van der Waals surface area contributed by atoms with Gasteiger partial charge in [0.1, 0.15) is 42.2 Å². The minimum Gasteiger partial charge on any atom is -0.492 e. The Hall–Kier alpha value is -4.99. The second kappa shape index (κ2) is 12.0. The fourth-order valence-corrected chi connectivity index (χ4v) is 4.42. The summed E-state index contributed by atoms with van der Waals surface area (Å²) < 4.78 is 27.3. The molecule has 0 aliphatic rings. The number of benzene rings is 3. The number of nitrogens with one attached hydrogen (secondary N) is 2. The van der Waals surface area contributed by atoms with Crippen molar-refractivity contribution in [1.29, 1.82) is 0 Å². The molecule has 0 spiro atoms. The lowest BCUT2D eigenvalue weighted by atomic mass is 9.98. The molecular weight excluding hydrogens is 525 g/mol. The lowest BCUT2D eigenvalue weighted by Gasteiger charge is -2.13. The SMILES string of the molecule is CNC(=O)c1c(-c2ccc(F)cc2)oc2ccc(-c3cc(OCCn4cncn4)cc(C(=O)NCC(C)C)c3)cc12. The summed E-state index contributed by atoms with van der Waals surface area (Å²) in [6.45, 7) is 5.40. The van der Waals surface area contributed by atoms with Gasteiger partial charge in [-0.05, 0) is 71.6 Å². The van der Waals surface area contributed by atoms with Crippen molar-refractivity contribution in [3.05, 3.63) is 90.3 Å². The first-order valence-corrected chi connectivity index (χ1v) is 13.3. The number of fused-ring (bicyclic) bond motifs is 1. The highest BCUT2D eigenvalue weighted by molar-refractivity contribution is 6.12. The Morgan fingerprint density at radius 2 is 1.78 bits per heavy atom. The van der Waals surface area contributed by atoms with E-state index >= 15 is 0 Å². The normalized spacial score (nSPS) is 11.1. The monoisotopic (exact) mass is 555 g/mol. The molecule has 2 aromatic heterocycles. The zero-order chi connectivity index (χ0) is 28.9. The molecular formula is C31H30FN5O4. The predicted molar refractivity (Wildman–Crippen MR) is 153 cm³/mol. The third-order valence-corrected chi connectivity index (χ3v) is 6.48. The Morgan fingerprint density at radius 3 is 2.49 bits per heavy atom. The van der Waals surface area contributed by atoms with Crippen LogP contribution in [0.4, 0.5) is 4.39 Å². The molecule has 3 aromatic carbocycles. The molecule has 0 saturated heterocycles. The van der Waals surface area contributed by atoms with Crippen molar-refractivity contribution in [3.8, 4) is 28.2 Å². The zero-order valence-corrected chi connectivity index (χ0v) is 23.0. The van der Waals surface area contributed by atoms with Crippen LogP contribution in [0.3, 0.4) is 0 Å². The number of ether oxygens (including phenoxy) is 1. The van der Waals surface area contributed by atoms with Crippen molar-refractivity contribution in [2.24, 2.45) is 5.92 Å². The van der Waals surface area contributed by atoms with Gasteiger partial charge in [-0.1, -0.05) is 19.9 Å². The Balaban J connectivity index is 1.55. The highest BCUT2D eigenvalue weighted by Gasteiger charge is 2.22. The van der Waals surface area contributed by atoms with E-state index < -0.39 is 0 Å². The van der Waals surface area contributed by atoms with Crippen molar-refractivity contribution < 1.29 is 23.1 Å². The minimum atomic E-state index is -0.384. The number of carbonyl (C=O) groups is 2. The third-order valence-electron chi connectivity index (χ3n) is 6.48. The second-order valence-electron chi connectivity index (χ2n) is 9.96. The van der Waals surface area contributed by atoms with Gasteiger partial charge in [0.2, 0.25) is 0 Å². The van der Waals surface area contributed by atoms with Crippen LogP contribution in [0.2, 0.25) is 0 Å². The largest absolute Gasteiger partial charge is 0.492 e. The van der Waals surface area contributed by atoms with Gasteiger partial charge in [0.15, 0.2) is 0 Å². The molecule has 5 aromatic rings. The molecule has 0 aliphatic carbocycles. The van der Waals surface area contributed by atoms with Crippen molar-refractivity contribution >= 4 is 22.8 Å². The van der Waals surface area contributed by atoms with Crippen LogP contribution < -0.4 is 15.4 Å². The lowest BCUT2D eigenvalue weighted by molar-refractivity contribution is 0.0945. The van der Waals surface area contributed by atoms with E-state index in [9.17, 15) is 14.0 Å². The van der Waals surface area contributed by atoms with Gasteiger partial charge in [0.05, 0.1) is 12.1 Å². The van der Waals surface area contributed by atoms with Crippen molar-refractivity contribution in [3.63, 3.8) is 0 Å². The average molecular weight is 556 g/mol. The van der Waals surface area contributed by atoms with E-state index in [2.05, 4.69) is 20.7 Å². The maximum atomic E-state index is 13.6. The van der Waals surface area contributed by atoms with E-state index in [1.807, 2.05) is 32.0 Å². The van der Waals surface area contributed by atoms with Crippen LogP contribution in [0.25, 0.3) is 33.4 Å². The molecule has 0 aliphatic heterocycles. The number of furan rings is 1. The first-order valence-electron chi connectivity index (χ1n) is 13.3. The highest BCUT2D eigenvalue weighted by Crippen LogP contribution is 2.37. The van der Waals surface area contributed by atoms with Gasteiger partial charge < -0.3 is 19.8 Å². The third kappa shape index (κ3) is 6.27. The van der Waals surface area contributed by atoms with E-state index in [1.165, 1.54) is 18.5 Å². The average Bonchev–Trinajstić information content (AvgIpc) is 3.63. The maximum Gasteiger partial charge on any atom is 0.255 e. The fourth-order valence-electron chi connectivity index (χ4n) is 4.42. The van der Waals surface area contributed by atoms with E-state index in [1.54, 1.807) is 48.4 Å². The van der Waals surface area contributed by atoms with Crippen LogP contribution in [0.5, 0.6) is 5.75 Å². The maximum absolute atomic E-state index is 13.6. The number of hydrogen-bond donors (Lipinski definition) is 2. The fraction of sp³-hybridized carbons (Fsp3) is 0.226. The van der Waals surface area contributed by atoms with Crippen molar-refractivity contribution in [2.45, 2.75) is 20.4 Å². The number of hydrogen-bond acceptors (Lipinski definition) is 6. The summed E-state index contributed by atoms with van der Waals surface area (Å²) in [4.78, 5) is 30.0. The van der Waals surface area contributed by atoms with E-state index in [0.29, 0.717) is 64.8 Å². The van der Waals surface area contributed by atoms with Gasteiger partial charge in [-0.2, -0.15) is 5.10 Å². The van der Waals surface area contributed by atoms with Crippen molar-refractivity contribution in [2.75, 3.05) is 20.2 Å². The summed E-state index contributed by atoms with van der Waals surface area (Å²) in [5.41, 5.74) is 3.35. The van der Waals surface area contributed by atoms with Crippen LogP contribution in [0, 0.1) is 11.7 Å². The summed E-state index contributed by atoms with van der Waals surface area (Å²) in [5, 5.41) is 10.3. The molecule has 0 saturated carbocycles. The van der Waals surface area contributed by atoms with E-state index in [-0.39, 0.29) is 17.6 Å². The van der Waals surface area contributed by atoms with Gasteiger partial charge in [0.25, 0.3) is 11.8 Å². The Bertz CT molecular complexity index is 1680. The quantitative estimate of drug-likeness (QED) is 0.241. The van der Waals surface area contributed by atoms with Crippen LogP contribution in [0.1, 0.15) is 34.6 Å². The molecule has 2 amide bonds. The Morgan fingerprint density at radius 1 is 1.00 bits per heavy atom. The summed E-state index contributed by atoms with van der Waals surface area (Å²) >= 11 is 0. The number of amides is 2. The lowest BCUT2D eigenvalue weighted by Crippen LogP contribution is -2.27.